The lowest BCUT2D eigenvalue weighted by Crippen LogP contribution is -2.21. The maximum absolute atomic E-state index is 12.6. The molecule has 0 radical (unpaired) electrons. The van der Waals surface area contributed by atoms with E-state index >= 15 is 0 Å². The summed E-state index contributed by atoms with van der Waals surface area (Å²) in [6.07, 6.45) is 5.48. The van der Waals surface area contributed by atoms with E-state index in [9.17, 15) is 9.59 Å². The van der Waals surface area contributed by atoms with Gasteiger partial charge >= 0.3 is 0 Å². The number of hydrogen-bond acceptors (Lipinski definition) is 8. The maximum Gasteiger partial charge on any atom is 0.216 e. The van der Waals surface area contributed by atoms with Gasteiger partial charge in [0, 0.05) is 36.9 Å². The van der Waals surface area contributed by atoms with Crippen LogP contribution in [0.15, 0.2) is 42.9 Å². The predicted octanol–water partition coefficient (Wildman–Crippen LogP) is 2.98. The van der Waals surface area contributed by atoms with Crippen LogP contribution < -0.4 is 10.2 Å². The summed E-state index contributed by atoms with van der Waals surface area (Å²) in [6.45, 7) is 8.02. The van der Waals surface area contributed by atoms with Crippen molar-refractivity contribution in [3.05, 3.63) is 54.1 Å². The Morgan fingerprint density at radius 1 is 1.25 bits per heavy atom. The highest BCUT2D eigenvalue weighted by atomic mass is 16.1. The SMILES string of the molecule is CCN(CC)c1ccc(Nc2c(C(=O)C=C=O)[nH]n3c(-c4cnccn4)nnc23)c(C)c1. The van der Waals surface area contributed by atoms with Gasteiger partial charge in [0.1, 0.15) is 23.0 Å². The number of aromatic nitrogens is 6. The molecular formula is C22H22N8O2. The van der Waals surface area contributed by atoms with Gasteiger partial charge in [-0.3, -0.25) is 14.9 Å². The standard InChI is InChI=1S/C22H22N8O2/c1-4-29(5-2)15-6-7-16(14(3)12-15)25-20-19(18(32)8-11-31)28-30-21(26-27-22(20)30)17-13-23-9-10-24-17/h6-10,12-13,25,28H,4-5H2,1-3H3. The molecule has 0 unspecified atom stereocenters. The summed E-state index contributed by atoms with van der Waals surface area (Å²) in [5.74, 6) is 1.39. The third-order valence-electron chi connectivity index (χ3n) is 5.19. The second-order valence-corrected chi connectivity index (χ2v) is 7.06. The summed E-state index contributed by atoms with van der Waals surface area (Å²) < 4.78 is 1.54. The monoisotopic (exact) mass is 430 g/mol. The van der Waals surface area contributed by atoms with Crippen molar-refractivity contribution in [1.82, 2.24) is 29.8 Å². The Labute approximate surface area is 184 Å². The van der Waals surface area contributed by atoms with Crippen molar-refractivity contribution in [2.75, 3.05) is 23.3 Å². The number of nitrogens with zero attached hydrogens (tertiary/aromatic N) is 6. The second-order valence-electron chi connectivity index (χ2n) is 7.06. The molecule has 10 heteroatoms. The van der Waals surface area contributed by atoms with Crippen molar-refractivity contribution in [1.29, 1.82) is 0 Å². The smallest absolute Gasteiger partial charge is 0.216 e. The molecule has 32 heavy (non-hydrogen) atoms. The van der Waals surface area contributed by atoms with E-state index in [0.29, 0.717) is 22.9 Å². The predicted molar refractivity (Wildman–Crippen MR) is 121 cm³/mol. The zero-order valence-electron chi connectivity index (χ0n) is 18.0. The largest absolute Gasteiger partial charge is 0.372 e. The van der Waals surface area contributed by atoms with Crippen LogP contribution in [0.4, 0.5) is 17.1 Å². The Kier molecular flexibility index (Phi) is 5.78. The topological polar surface area (TPSA) is 121 Å². The number of H-pyrrole nitrogens is 1. The van der Waals surface area contributed by atoms with Crippen LogP contribution in [0.2, 0.25) is 0 Å². The van der Waals surface area contributed by atoms with Gasteiger partial charge in [0.25, 0.3) is 0 Å². The quantitative estimate of drug-likeness (QED) is 0.249. The van der Waals surface area contributed by atoms with Crippen LogP contribution in [-0.4, -0.2) is 54.6 Å². The van der Waals surface area contributed by atoms with Crippen LogP contribution in [0.5, 0.6) is 0 Å². The fraction of sp³-hybridized carbons (Fsp3) is 0.227. The average molecular weight is 430 g/mol. The van der Waals surface area contributed by atoms with Crippen molar-refractivity contribution in [3.8, 4) is 11.5 Å². The van der Waals surface area contributed by atoms with E-state index in [1.165, 1.54) is 10.5 Å². The fourth-order valence-electron chi connectivity index (χ4n) is 3.54. The van der Waals surface area contributed by atoms with E-state index < -0.39 is 5.78 Å². The average Bonchev–Trinajstić information content (AvgIpc) is 3.37. The number of ketones is 1. The molecule has 0 spiro atoms. The fourth-order valence-corrected chi connectivity index (χ4v) is 3.54. The first-order valence-electron chi connectivity index (χ1n) is 10.2. The van der Waals surface area contributed by atoms with Gasteiger partial charge in [0.15, 0.2) is 0 Å². The van der Waals surface area contributed by atoms with Gasteiger partial charge in [-0.25, -0.2) is 14.3 Å². The third kappa shape index (κ3) is 3.75. The van der Waals surface area contributed by atoms with E-state index in [4.69, 9.17) is 0 Å². The van der Waals surface area contributed by atoms with Gasteiger partial charge < -0.3 is 10.2 Å². The van der Waals surface area contributed by atoms with E-state index in [0.717, 1.165) is 36.1 Å². The molecule has 0 atom stereocenters. The summed E-state index contributed by atoms with van der Waals surface area (Å²) in [4.78, 5) is 34.0. The van der Waals surface area contributed by atoms with Crippen molar-refractivity contribution in [2.24, 2.45) is 0 Å². The lowest BCUT2D eigenvalue weighted by atomic mass is 10.1. The first kappa shape index (κ1) is 21.0. The number of rotatable bonds is 8. The lowest BCUT2D eigenvalue weighted by Gasteiger charge is -2.22. The van der Waals surface area contributed by atoms with E-state index in [1.54, 1.807) is 18.6 Å². The molecule has 0 aliphatic carbocycles. The second kappa shape index (κ2) is 8.83. The molecule has 2 N–H and O–H groups in total. The van der Waals surface area contributed by atoms with Crippen LogP contribution >= 0.6 is 0 Å². The van der Waals surface area contributed by atoms with Crippen LogP contribution in [0.25, 0.3) is 17.2 Å². The minimum atomic E-state index is -0.532. The molecule has 0 saturated carbocycles. The summed E-state index contributed by atoms with van der Waals surface area (Å²) >= 11 is 0. The minimum Gasteiger partial charge on any atom is -0.372 e. The number of aromatic amines is 1. The van der Waals surface area contributed by atoms with Gasteiger partial charge in [-0.1, -0.05) is 0 Å². The Morgan fingerprint density at radius 2 is 2.06 bits per heavy atom. The van der Waals surface area contributed by atoms with Crippen molar-refractivity contribution >= 4 is 34.4 Å². The molecule has 0 saturated heterocycles. The highest BCUT2D eigenvalue weighted by Crippen LogP contribution is 2.31. The normalized spacial score (nSPS) is 10.7. The molecule has 0 bridgehead atoms. The summed E-state index contributed by atoms with van der Waals surface area (Å²) in [5, 5.41) is 14.7. The van der Waals surface area contributed by atoms with Crippen molar-refractivity contribution < 1.29 is 9.59 Å². The van der Waals surface area contributed by atoms with Gasteiger partial charge in [-0.2, -0.15) is 0 Å². The zero-order valence-corrected chi connectivity index (χ0v) is 18.0. The minimum absolute atomic E-state index is 0.163. The van der Waals surface area contributed by atoms with E-state index in [1.807, 2.05) is 19.1 Å². The molecule has 0 amide bonds. The number of hydrogen-bond donors (Lipinski definition) is 2. The molecular weight excluding hydrogens is 408 g/mol. The Balaban J connectivity index is 1.81. The molecule has 4 aromatic rings. The van der Waals surface area contributed by atoms with Crippen molar-refractivity contribution in [2.45, 2.75) is 20.8 Å². The molecule has 3 aromatic heterocycles. The maximum atomic E-state index is 12.6. The Bertz CT molecular complexity index is 1310. The van der Waals surface area contributed by atoms with Gasteiger partial charge in [0.2, 0.25) is 17.3 Å². The Hall–Kier alpha value is -4.30. The number of carbonyl (C=O) groups excluding carboxylic acids is 2. The molecule has 4 rings (SSSR count). The highest BCUT2D eigenvalue weighted by Gasteiger charge is 2.23. The van der Waals surface area contributed by atoms with Gasteiger partial charge in [0.05, 0.1) is 12.3 Å². The number of carbonyl (C=O) groups is 1. The number of aryl methyl sites for hydroxylation is 1. The molecule has 1 aromatic carbocycles. The molecule has 10 nitrogen and oxygen atoms in total. The van der Waals surface area contributed by atoms with Crippen LogP contribution in [0.1, 0.15) is 29.9 Å². The van der Waals surface area contributed by atoms with Gasteiger partial charge in [-0.15, -0.1) is 10.2 Å². The first-order chi connectivity index (χ1) is 15.6. The van der Waals surface area contributed by atoms with Gasteiger partial charge in [-0.05, 0) is 44.5 Å². The number of benzene rings is 1. The molecule has 3 heterocycles. The molecule has 0 aliphatic heterocycles. The summed E-state index contributed by atoms with van der Waals surface area (Å²) in [6, 6.07) is 6.06. The third-order valence-corrected chi connectivity index (χ3v) is 5.19. The molecule has 0 fully saturated rings. The highest BCUT2D eigenvalue weighted by molar-refractivity contribution is 6.12. The number of allylic oxidation sites excluding steroid dienone is 1. The van der Waals surface area contributed by atoms with Crippen LogP contribution in [0.3, 0.4) is 0 Å². The van der Waals surface area contributed by atoms with E-state index in [2.05, 4.69) is 55.4 Å². The summed E-state index contributed by atoms with van der Waals surface area (Å²) in [7, 11) is 0. The zero-order chi connectivity index (χ0) is 22.7. The first-order valence-corrected chi connectivity index (χ1v) is 10.2. The lowest BCUT2D eigenvalue weighted by molar-refractivity contribution is 0.104. The van der Waals surface area contributed by atoms with Crippen LogP contribution in [0, 0.1) is 6.92 Å². The van der Waals surface area contributed by atoms with Crippen LogP contribution in [-0.2, 0) is 4.79 Å². The van der Waals surface area contributed by atoms with E-state index in [-0.39, 0.29) is 5.69 Å². The van der Waals surface area contributed by atoms with Crippen molar-refractivity contribution in [3.63, 3.8) is 0 Å². The Morgan fingerprint density at radius 3 is 2.72 bits per heavy atom. The molecule has 0 aliphatic rings. The number of fused-ring (bicyclic) bond motifs is 1. The number of nitrogens with one attached hydrogen (secondary N) is 2. The summed E-state index contributed by atoms with van der Waals surface area (Å²) in [5.41, 5.74) is 4.35. The molecule has 162 valence electrons. The number of anilines is 3.